The van der Waals surface area contributed by atoms with Crippen molar-refractivity contribution < 1.29 is 23.5 Å². The molecule has 0 bridgehead atoms. The fourth-order valence-electron chi connectivity index (χ4n) is 3.66. The summed E-state index contributed by atoms with van der Waals surface area (Å²) in [5.74, 6) is 0.401. The van der Waals surface area contributed by atoms with Gasteiger partial charge in [-0.2, -0.15) is 0 Å². The van der Waals surface area contributed by atoms with Gasteiger partial charge in [-0.1, -0.05) is 36.0 Å². The Morgan fingerprint density at radius 3 is 2.14 bits per heavy atom. The molecule has 2 heterocycles. The molecule has 10 heteroatoms. The molecule has 0 atom stereocenters. The molecule has 0 saturated carbocycles. The standard InChI is InChI=1S/C25H19FN4O4S/c1-33-16-10-12-17(13-11-16)34-14-22-27-28-25(30(22)21-9-5-4-8-20(21)26)35-15-29-23(31)18-6-2-3-7-19(18)24(29)32/h2-13H,14-15H2,1H3. The van der Waals surface area contributed by atoms with Crippen LogP contribution in [-0.2, 0) is 6.61 Å². The van der Waals surface area contributed by atoms with Crippen molar-refractivity contribution in [3.63, 3.8) is 0 Å². The van der Waals surface area contributed by atoms with E-state index in [2.05, 4.69) is 10.2 Å². The number of methoxy groups -OCH3 is 1. The number of carbonyl (C=O) groups excluding carboxylic acids is 2. The first-order chi connectivity index (χ1) is 17.1. The minimum Gasteiger partial charge on any atom is -0.497 e. The van der Waals surface area contributed by atoms with Gasteiger partial charge in [-0.15, -0.1) is 10.2 Å². The second kappa shape index (κ2) is 9.59. The van der Waals surface area contributed by atoms with Crippen molar-refractivity contribution in [3.8, 4) is 17.2 Å². The topological polar surface area (TPSA) is 86.6 Å². The number of ether oxygens (including phenoxy) is 2. The second-order valence-electron chi connectivity index (χ2n) is 7.51. The number of aromatic nitrogens is 3. The maximum atomic E-state index is 14.7. The van der Waals surface area contributed by atoms with Gasteiger partial charge in [0, 0.05) is 0 Å². The third-order valence-corrected chi connectivity index (χ3v) is 6.33. The number of hydrogen-bond acceptors (Lipinski definition) is 7. The number of amides is 2. The predicted octanol–water partition coefficient (Wildman–Crippen LogP) is 4.34. The third kappa shape index (κ3) is 4.35. The zero-order valence-corrected chi connectivity index (χ0v) is 19.4. The smallest absolute Gasteiger partial charge is 0.262 e. The van der Waals surface area contributed by atoms with E-state index >= 15 is 0 Å². The lowest BCUT2D eigenvalue weighted by Gasteiger charge is -2.15. The minimum atomic E-state index is -0.472. The summed E-state index contributed by atoms with van der Waals surface area (Å²) in [5.41, 5.74) is 0.959. The largest absolute Gasteiger partial charge is 0.497 e. The van der Waals surface area contributed by atoms with Crippen molar-refractivity contribution in [2.24, 2.45) is 0 Å². The molecule has 35 heavy (non-hydrogen) atoms. The molecule has 8 nitrogen and oxygen atoms in total. The van der Waals surface area contributed by atoms with E-state index in [-0.39, 0.29) is 30.0 Å². The Labute approximate surface area is 204 Å². The van der Waals surface area contributed by atoms with Gasteiger partial charge in [0.2, 0.25) is 0 Å². The van der Waals surface area contributed by atoms with Crippen LogP contribution >= 0.6 is 11.8 Å². The molecule has 0 radical (unpaired) electrons. The zero-order valence-electron chi connectivity index (χ0n) is 18.6. The quantitative estimate of drug-likeness (QED) is 0.268. The van der Waals surface area contributed by atoms with Gasteiger partial charge in [-0.3, -0.25) is 19.1 Å². The van der Waals surface area contributed by atoms with Crippen LogP contribution < -0.4 is 9.47 Å². The number of carbonyl (C=O) groups is 2. The van der Waals surface area contributed by atoms with Gasteiger partial charge in [0.05, 0.1) is 29.8 Å². The highest BCUT2D eigenvalue weighted by molar-refractivity contribution is 7.99. The number of halogens is 1. The number of thioether (sulfide) groups is 1. The number of hydrogen-bond donors (Lipinski definition) is 0. The van der Waals surface area contributed by atoms with Crippen LogP contribution in [0.1, 0.15) is 26.5 Å². The van der Waals surface area contributed by atoms with Crippen molar-refractivity contribution in [2.45, 2.75) is 11.8 Å². The molecule has 1 aliphatic heterocycles. The highest BCUT2D eigenvalue weighted by atomic mass is 32.2. The molecule has 0 spiro atoms. The average Bonchev–Trinajstić information content (AvgIpc) is 3.40. The molecule has 176 valence electrons. The Kier molecular flexibility index (Phi) is 6.19. The van der Waals surface area contributed by atoms with Gasteiger partial charge in [-0.05, 0) is 48.5 Å². The number of para-hydroxylation sites is 1. The Morgan fingerprint density at radius 2 is 1.49 bits per heavy atom. The Bertz CT molecular complexity index is 1370. The maximum Gasteiger partial charge on any atom is 0.262 e. The van der Waals surface area contributed by atoms with Crippen LogP contribution in [0.15, 0.2) is 78.0 Å². The van der Waals surface area contributed by atoms with Crippen molar-refractivity contribution in [1.29, 1.82) is 0 Å². The van der Waals surface area contributed by atoms with Crippen LogP contribution in [0.2, 0.25) is 0 Å². The number of nitrogens with zero attached hydrogens (tertiary/aromatic N) is 4. The summed E-state index contributed by atoms with van der Waals surface area (Å²) in [4.78, 5) is 26.6. The molecule has 1 aliphatic rings. The molecule has 0 unspecified atom stereocenters. The second-order valence-corrected chi connectivity index (χ2v) is 8.42. The third-order valence-electron chi connectivity index (χ3n) is 5.42. The van der Waals surface area contributed by atoms with Crippen molar-refractivity contribution in [1.82, 2.24) is 19.7 Å². The van der Waals surface area contributed by atoms with E-state index < -0.39 is 5.82 Å². The monoisotopic (exact) mass is 490 g/mol. The molecule has 2 amide bonds. The lowest BCUT2D eigenvalue weighted by atomic mass is 10.1. The van der Waals surface area contributed by atoms with Crippen molar-refractivity contribution in [3.05, 3.63) is 95.6 Å². The van der Waals surface area contributed by atoms with E-state index in [1.54, 1.807) is 73.8 Å². The number of benzene rings is 3. The van der Waals surface area contributed by atoms with Crippen molar-refractivity contribution in [2.75, 3.05) is 13.0 Å². The molecular formula is C25H19FN4O4S. The first-order valence-electron chi connectivity index (χ1n) is 10.6. The zero-order chi connectivity index (χ0) is 24.4. The Hall–Kier alpha value is -4.18. The van der Waals surface area contributed by atoms with E-state index in [4.69, 9.17) is 9.47 Å². The summed E-state index contributed by atoms with van der Waals surface area (Å²) >= 11 is 1.11. The fourth-order valence-corrected chi connectivity index (χ4v) is 4.57. The molecule has 0 aliphatic carbocycles. The number of rotatable bonds is 8. The van der Waals surface area contributed by atoms with E-state index in [1.807, 2.05) is 0 Å². The van der Waals surface area contributed by atoms with Gasteiger partial charge in [0.1, 0.15) is 23.9 Å². The van der Waals surface area contributed by atoms with Gasteiger partial charge in [-0.25, -0.2) is 4.39 Å². The van der Waals surface area contributed by atoms with Crippen LogP contribution in [0.5, 0.6) is 11.5 Å². The minimum absolute atomic E-state index is 0.00172. The Balaban J connectivity index is 1.40. The lowest BCUT2D eigenvalue weighted by molar-refractivity contribution is 0.0684. The summed E-state index contributed by atoms with van der Waals surface area (Å²) in [6.45, 7) is 0.0151. The van der Waals surface area contributed by atoms with E-state index in [0.29, 0.717) is 33.6 Å². The highest BCUT2D eigenvalue weighted by Crippen LogP contribution is 2.29. The van der Waals surface area contributed by atoms with E-state index in [9.17, 15) is 14.0 Å². The molecule has 3 aromatic carbocycles. The number of fused-ring (bicyclic) bond motifs is 1. The van der Waals surface area contributed by atoms with Crippen molar-refractivity contribution >= 4 is 23.6 Å². The molecule has 0 fully saturated rings. The summed E-state index contributed by atoms with van der Waals surface area (Å²) in [6, 6.07) is 19.9. The predicted molar refractivity (Wildman–Crippen MR) is 126 cm³/mol. The van der Waals surface area contributed by atoms with Gasteiger partial charge in [0.25, 0.3) is 11.8 Å². The summed E-state index contributed by atoms with van der Waals surface area (Å²) < 4.78 is 27.3. The van der Waals surface area contributed by atoms with Crippen LogP contribution in [0.3, 0.4) is 0 Å². The van der Waals surface area contributed by atoms with Gasteiger partial charge >= 0.3 is 0 Å². The molecule has 4 aromatic rings. The first-order valence-corrected chi connectivity index (χ1v) is 11.6. The molecular weight excluding hydrogens is 471 g/mol. The molecule has 5 rings (SSSR count). The lowest BCUT2D eigenvalue weighted by Crippen LogP contribution is -2.29. The molecule has 0 saturated heterocycles. The summed E-state index contributed by atoms with van der Waals surface area (Å²) in [7, 11) is 1.58. The Morgan fingerprint density at radius 1 is 0.857 bits per heavy atom. The average molecular weight is 491 g/mol. The first kappa shape index (κ1) is 22.6. The normalized spacial score (nSPS) is 12.7. The van der Waals surface area contributed by atoms with Crippen LogP contribution in [-0.4, -0.2) is 44.5 Å². The van der Waals surface area contributed by atoms with Crippen LogP contribution in [0.4, 0.5) is 4.39 Å². The van der Waals surface area contributed by atoms with Gasteiger partial charge in [0.15, 0.2) is 11.0 Å². The summed E-state index contributed by atoms with van der Waals surface area (Å²) in [6.07, 6.45) is 0. The highest BCUT2D eigenvalue weighted by Gasteiger charge is 2.35. The number of imide groups is 1. The van der Waals surface area contributed by atoms with Gasteiger partial charge < -0.3 is 9.47 Å². The molecule has 0 N–H and O–H groups in total. The summed E-state index contributed by atoms with van der Waals surface area (Å²) in [5, 5.41) is 8.71. The maximum absolute atomic E-state index is 14.7. The van der Waals surface area contributed by atoms with E-state index in [0.717, 1.165) is 16.7 Å². The fraction of sp³-hybridized carbons (Fsp3) is 0.120. The van der Waals surface area contributed by atoms with Crippen LogP contribution in [0.25, 0.3) is 5.69 Å². The molecule has 1 aromatic heterocycles. The van der Waals surface area contributed by atoms with E-state index in [1.165, 1.54) is 10.6 Å². The SMILES string of the molecule is COc1ccc(OCc2nnc(SCN3C(=O)c4ccccc4C3=O)n2-c2ccccc2F)cc1. The van der Waals surface area contributed by atoms with Crippen LogP contribution in [0, 0.1) is 5.82 Å².